The van der Waals surface area contributed by atoms with Crippen LogP contribution in [-0.2, 0) is 0 Å². The van der Waals surface area contributed by atoms with Gasteiger partial charge in [-0.15, -0.1) is 0 Å². The number of piperazine rings is 1. The molecule has 3 N–H and O–H groups in total. The van der Waals surface area contributed by atoms with Gasteiger partial charge in [0.25, 0.3) is 0 Å². The first-order chi connectivity index (χ1) is 7.78. The Morgan fingerprint density at radius 3 is 2.29 bits per heavy atom. The van der Waals surface area contributed by atoms with Gasteiger partial charge < -0.3 is 10.8 Å². The smallest absolute Gasteiger partial charge is 0.0742 e. The van der Waals surface area contributed by atoms with Crippen molar-refractivity contribution in [1.29, 1.82) is 0 Å². The molecular weight excluding hydrogens is 234 g/mol. The molecule has 1 rings (SSSR count). The number of rotatable bonds is 5. The first-order valence-corrected chi connectivity index (χ1v) is 6.66. The van der Waals surface area contributed by atoms with E-state index in [0.29, 0.717) is 11.0 Å². The van der Waals surface area contributed by atoms with Gasteiger partial charge in [-0.1, -0.05) is 12.2 Å². The number of nitrogens with two attached hydrogens (primary N) is 1. The predicted molar refractivity (Wildman–Crippen MR) is 75.2 cm³/mol. The molecule has 1 unspecified atom stereocenters. The SMILES string of the molecule is CC(CC(N)=S)N1CCN(CC(C)(C)O)CC1. The lowest BCUT2D eigenvalue weighted by molar-refractivity contribution is 0.0127. The molecule has 0 bridgehead atoms. The Bertz CT molecular complexity index is 257. The summed E-state index contributed by atoms with van der Waals surface area (Å²) in [5, 5.41) is 9.78. The number of aliphatic hydroxyl groups is 1. The van der Waals surface area contributed by atoms with Gasteiger partial charge in [0, 0.05) is 45.2 Å². The summed E-state index contributed by atoms with van der Waals surface area (Å²) in [6, 6.07) is 0.428. The third kappa shape index (κ3) is 5.77. The van der Waals surface area contributed by atoms with Crippen molar-refractivity contribution in [2.45, 2.75) is 38.8 Å². The maximum absolute atomic E-state index is 9.78. The van der Waals surface area contributed by atoms with Gasteiger partial charge in [-0.2, -0.15) is 0 Å². The Kier molecular flexibility index (Phi) is 5.31. The number of nitrogens with zero attached hydrogens (tertiary/aromatic N) is 2. The monoisotopic (exact) mass is 259 g/mol. The summed E-state index contributed by atoms with van der Waals surface area (Å²) < 4.78 is 0. The van der Waals surface area contributed by atoms with Crippen LogP contribution in [0.1, 0.15) is 27.2 Å². The number of β-amino-alcohol motifs (C(OH)–C–C–N with tert-alkyl or cyclic N) is 1. The molecule has 0 spiro atoms. The first-order valence-electron chi connectivity index (χ1n) is 6.25. The van der Waals surface area contributed by atoms with Crippen LogP contribution >= 0.6 is 12.2 Å². The average molecular weight is 259 g/mol. The summed E-state index contributed by atoms with van der Waals surface area (Å²) in [5.41, 5.74) is 4.97. The van der Waals surface area contributed by atoms with Crippen molar-refractivity contribution >= 4 is 17.2 Å². The summed E-state index contributed by atoms with van der Waals surface area (Å²) in [5.74, 6) is 0. The van der Waals surface area contributed by atoms with Crippen LogP contribution in [0.3, 0.4) is 0 Å². The molecule has 100 valence electrons. The molecule has 0 amide bonds. The minimum absolute atomic E-state index is 0.428. The Hall–Kier alpha value is -0.230. The van der Waals surface area contributed by atoms with Crippen molar-refractivity contribution in [2.24, 2.45) is 5.73 Å². The molecule has 1 fully saturated rings. The van der Waals surface area contributed by atoms with Crippen molar-refractivity contribution in [1.82, 2.24) is 9.80 Å². The topological polar surface area (TPSA) is 52.7 Å². The highest BCUT2D eigenvalue weighted by Crippen LogP contribution is 2.12. The van der Waals surface area contributed by atoms with E-state index in [0.717, 1.165) is 39.1 Å². The molecule has 1 aliphatic rings. The van der Waals surface area contributed by atoms with E-state index in [9.17, 15) is 5.11 Å². The fraction of sp³-hybridized carbons (Fsp3) is 0.917. The third-order valence-corrected chi connectivity index (χ3v) is 3.30. The molecule has 0 aromatic heterocycles. The Morgan fingerprint density at radius 2 is 1.88 bits per heavy atom. The number of hydrogen-bond acceptors (Lipinski definition) is 4. The Labute approximate surface area is 110 Å². The highest BCUT2D eigenvalue weighted by atomic mass is 32.1. The number of thiocarbonyl (C=S) groups is 1. The summed E-state index contributed by atoms with van der Waals surface area (Å²) in [6.07, 6.45) is 0.792. The Morgan fingerprint density at radius 1 is 1.35 bits per heavy atom. The lowest BCUT2D eigenvalue weighted by atomic mass is 10.1. The summed E-state index contributed by atoms with van der Waals surface area (Å²) >= 11 is 4.94. The zero-order valence-electron chi connectivity index (χ0n) is 11.1. The minimum atomic E-state index is -0.605. The van der Waals surface area contributed by atoms with E-state index >= 15 is 0 Å². The van der Waals surface area contributed by atoms with E-state index in [-0.39, 0.29) is 0 Å². The van der Waals surface area contributed by atoms with Crippen molar-refractivity contribution < 1.29 is 5.11 Å². The molecular formula is C12H25N3OS. The average Bonchev–Trinajstić information content (AvgIpc) is 2.15. The molecule has 0 aliphatic carbocycles. The van der Waals surface area contributed by atoms with Crippen LogP contribution in [0, 0.1) is 0 Å². The van der Waals surface area contributed by atoms with Crippen LogP contribution < -0.4 is 5.73 Å². The van der Waals surface area contributed by atoms with Crippen molar-refractivity contribution in [3.05, 3.63) is 0 Å². The maximum atomic E-state index is 9.78. The quantitative estimate of drug-likeness (QED) is 0.702. The van der Waals surface area contributed by atoms with E-state index in [2.05, 4.69) is 16.7 Å². The van der Waals surface area contributed by atoms with Crippen LogP contribution in [0.2, 0.25) is 0 Å². The predicted octanol–water partition coefficient (Wildman–Crippen LogP) is 0.440. The van der Waals surface area contributed by atoms with E-state index in [1.54, 1.807) is 0 Å². The lowest BCUT2D eigenvalue weighted by Gasteiger charge is -2.39. The van der Waals surface area contributed by atoms with Crippen LogP contribution in [0.25, 0.3) is 0 Å². The normalized spacial score (nSPS) is 21.4. The second kappa shape index (κ2) is 6.09. The molecule has 5 heteroatoms. The van der Waals surface area contributed by atoms with Gasteiger partial charge in [0.15, 0.2) is 0 Å². The molecule has 1 saturated heterocycles. The van der Waals surface area contributed by atoms with Gasteiger partial charge in [-0.3, -0.25) is 9.80 Å². The maximum Gasteiger partial charge on any atom is 0.0742 e. The Balaban J connectivity index is 2.33. The lowest BCUT2D eigenvalue weighted by Crippen LogP contribution is -2.53. The highest BCUT2D eigenvalue weighted by Gasteiger charge is 2.24. The van der Waals surface area contributed by atoms with Gasteiger partial charge in [0.05, 0.1) is 10.6 Å². The van der Waals surface area contributed by atoms with Crippen molar-refractivity contribution in [3.63, 3.8) is 0 Å². The summed E-state index contributed by atoms with van der Waals surface area (Å²) in [7, 11) is 0. The zero-order chi connectivity index (χ0) is 13.1. The summed E-state index contributed by atoms with van der Waals surface area (Å²) in [4.78, 5) is 5.32. The molecule has 17 heavy (non-hydrogen) atoms. The molecule has 0 radical (unpaired) electrons. The summed E-state index contributed by atoms with van der Waals surface area (Å²) in [6.45, 7) is 10.7. The van der Waals surface area contributed by atoms with E-state index in [1.807, 2.05) is 13.8 Å². The standard InChI is InChI=1S/C12H25N3OS/c1-10(8-11(13)17)15-6-4-14(5-7-15)9-12(2,3)16/h10,16H,4-9H2,1-3H3,(H2,13,17). The fourth-order valence-corrected chi connectivity index (χ4v) is 2.57. The van der Waals surface area contributed by atoms with Crippen LogP contribution in [-0.4, -0.2) is 64.3 Å². The van der Waals surface area contributed by atoms with Crippen LogP contribution in [0.5, 0.6) is 0 Å². The highest BCUT2D eigenvalue weighted by molar-refractivity contribution is 7.80. The van der Waals surface area contributed by atoms with Gasteiger partial charge in [-0.05, 0) is 20.8 Å². The molecule has 0 aromatic carbocycles. The molecule has 4 nitrogen and oxygen atoms in total. The van der Waals surface area contributed by atoms with E-state index in [1.165, 1.54) is 0 Å². The largest absolute Gasteiger partial charge is 0.393 e. The van der Waals surface area contributed by atoms with Gasteiger partial charge >= 0.3 is 0 Å². The van der Waals surface area contributed by atoms with E-state index in [4.69, 9.17) is 18.0 Å². The second-order valence-corrected chi connectivity index (χ2v) is 6.17. The van der Waals surface area contributed by atoms with Crippen LogP contribution in [0.4, 0.5) is 0 Å². The van der Waals surface area contributed by atoms with Crippen molar-refractivity contribution in [2.75, 3.05) is 32.7 Å². The van der Waals surface area contributed by atoms with Crippen LogP contribution in [0.15, 0.2) is 0 Å². The minimum Gasteiger partial charge on any atom is -0.393 e. The van der Waals surface area contributed by atoms with Crippen molar-refractivity contribution in [3.8, 4) is 0 Å². The molecule has 1 atom stereocenters. The second-order valence-electron chi connectivity index (χ2n) is 5.64. The van der Waals surface area contributed by atoms with E-state index < -0.39 is 5.60 Å². The van der Waals surface area contributed by atoms with Gasteiger partial charge in [0.1, 0.15) is 0 Å². The molecule has 1 aliphatic heterocycles. The zero-order valence-corrected chi connectivity index (χ0v) is 12.0. The molecule has 0 aromatic rings. The van der Waals surface area contributed by atoms with Gasteiger partial charge in [-0.25, -0.2) is 0 Å². The fourth-order valence-electron chi connectivity index (χ4n) is 2.33. The first kappa shape index (κ1) is 14.8. The van der Waals surface area contributed by atoms with Gasteiger partial charge in [0.2, 0.25) is 0 Å². The molecule has 0 saturated carbocycles. The third-order valence-electron chi connectivity index (χ3n) is 3.14. The number of hydrogen-bond donors (Lipinski definition) is 2. The molecule has 1 heterocycles.